The molecule has 1 aromatic heterocycles. The van der Waals surface area contributed by atoms with E-state index in [-0.39, 0.29) is 11.4 Å². The highest BCUT2D eigenvalue weighted by Gasteiger charge is 2.19. The van der Waals surface area contributed by atoms with Crippen LogP contribution in [0.3, 0.4) is 0 Å². The van der Waals surface area contributed by atoms with Gasteiger partial charge in [-0.3, -0.25) is 9.59 Å². The molecule has 0 bridgehead atoms. The van der Waals surface area contributed by atoms with Crippen LogP contribution in [0, 0.1) is 0 Å². The van der Waals surface area contributed by atoms with Gasteiger partial charge in [0.05, 0.1) is 5.57 Å². The number of nitrogens with zero attached hydrogens (tertiary/aromatic N) is 2. The number of Topliss-reactive ketones (excluding diaryl/α,β-unsaturated/α-hetero) is 1. The van der Waals surface area contributed by atoms with Crippen LogP contribution in [0.4, 0.5) is 11.8 Å². The van der Waals surface area contributed by atoms with Crippen LogP contribution in [0.5, 0.6) is 0 Å². The molecule has 0 spiro atoms. The minimum Gasteiger partial charge on any atom is -0.367 e. The van der Waals surface area contributed by atoms with E-state index in [9.17, 15) is 9.59 Å². The first kappa shape index (κ1) is 16.1. The van der Waals surface area contributed by atoms with Crippen molar-refractivity contribution < 1.29 is 9.59 Å². The van der Waals surface area contributed by atoms with Crippen LogP contribution in [-0.2, 0) is 9.59 Å². The van der Waals surface area contributed by atoms with E-state index in [1.54, 1.807) is 20.2 Å². The molecular formula is C16H22N4O2. The Morgan fingerprint density at radius 3 is 2.55 bits per heavy atom. The molecule has 0 radical (unpaired) electrons. The molecule has 22 heavy (non-hydrogen) atoms. The zero-order chi connectivity index (χ0) is 16.1. The van der Waals surface area contributed by atoms with Crippen LogP contribution in [0.1, 0.15) is 45.1 Å². The maximum absolute atomic E-state index is 11.6. The molecule has 6 heteroatoms. The summed E-state index contributed by atoms with van der Waals surface area (Å²) in [5, 5.41) is 6.34. The van der Waals surface area contributed by atoms with Crippen molar-refractivity contribution in [1.29, 1.82) is 0 Å². The molecule has 6 nitrogen and oxygen atoms in total. The van der Waals surface area contributed by atoms with E-state index in [0.717, 1.165) is 12.8 Å². The lowest BCUT2D eigenvalue weighted by Crippen LogP contribution is -2.18. The lowest BCUT2D eigenvalue weighted by Gasteiger charge is -2.17. The second kappa shape index (κ2) is 7.15. The first-order valence-electron chi connectivity index (χ1n) is 7.55. The Bertz CT molecular complexity index is 604. The van der Waals surface area contributed by atoms with Gasteiger partial charge in [-0.1, -0.05) is 12.8 Å². The molecule has 118 valence electrons. The Morgan fingerprint density at radius 1 is 1.32 bits per heavy atom. The van der Waals surface area contributed by atoms with Gasteiger partial charge in [-0.2, -0.15) is 4.98 Å². The van der Waals surface area contributed by atoms with E-state index in [2.05, 4.69) is 20.6 Å². The number of anilines is 2. The molecule has 1 aromatic rings. The van der Waals surface area contributed by atoms with Crippen LogP contribution in [-0.4, -0.2) is 35.1 Å². The minimum absolute atomic E-state index is 0.162. The van der Waals surface area contributed by atoms with Gasteiger partial charge in [0.15, 0.2) is 12.1 Å². The van der Waals surface area contributed by atoms with Gasteiger partial charge in [-0.25, -0.2) is 4.98 Å². The molecule has 2 N–H and O–H groups in total. The molecule has 1 fully saturated rings. The van der Waals surface area contributed by atoms with Crippen molar-refractivity contribution in [3.63, 3.8) is 0 Å². The third-order valence-electron chi connectivity index (χ3n) is 4.01. The van der Waals surface area contributed by atoms with Gasteiger partial charge in [0.25, 0.3) is 0 Å². The zero-order valence-corrected chi connectivity index (χ0v) is 13.3. The number of rotatable bonds is 6. The van der Waals surface area contributed by atoms with Gasteiger partial charge in [-0.15, -0.1) is 0 Å². The highest BCUT2D eigenvalue weighted by molar-refractivity contribution is 6.17. The van der Waals surface area contributed by atoms with Crippen molar-refractivity contribution in [2.24, 2.45) is 0 Å². The lowest BCUT2D eigenvalue weighted by molar-refractivity contribution is -0.115. The molecule has 2 rings (SSSR count). The summed E-state index contributed by atoms with van der Waals surface area (Å²) in [5.74, 6) is 0.925. The predicted molar refractivity (Wildman–Crippen MR) is 86.8 cm³/mol. The minimum atomic E-state index is -0.253. The molecule has 1 aliphatic carbocycles. The fourth-order valence-electron chi connectivity index (χ4n) is 2.73. The molecule has 1 saturated carbocycles. The summed E-state index contributed by atoms with van der Waals surface area (Å²) in [6, 6.07) is 0.378. The summed E-state index contributed by atoms with van der Waals surface area (Å²) >= 11 is 0. The summed E-state index contributed by atoms with van der Waals surface area (Å²) < 4.78 is 0. The standard InChI is InChI=1S/C16H22N4O2/c1-10(14(9-21)11(2)22)13-8-18-16(17-3)20-15(13)19-12-6-4-5-7-12/h8-9,12H,4-7H2,1-3H3,(H2,17,18,19,20)/b14-10+. The number of ketones is 1. The second-order valence-electron chi connectivity index (χ2n) is 5.54. The number of nitrogens with one attached hydrogen (secondary N) is 2. The SMILES string of the molecule is CNc1ncc(/C(C)=C(\C=O)C(C)=O)c(NC2CCCC2)n1. The van der Waals surface area contributed by atoms with E-state index >= 15 is 0 Å². The Labute approximate surface area is 130 Å². The Morgan fingerprint density at radius 2 is 2.00 bits per heavy atom. The maximum Gasteiger partial charge on any atom is 0.224 e. The quantitative estimate of drug-likeness (QED) is 0.363. The van der Waals surface area contributed by atoms with Crippen molar-refractivity contribution in [1.82, 2.24) is 9.97 Å². The number of aldehydes is 1. The van der Waals surface area contributed by atoms with E-state index < -0.39 is 0 Å². The van der Waals surface area contributed by atoms with Gasteiger partial charge < -0.3 is 10.6 Å². The fourth-order valence-corrected chi connectivity index (χ4v) is 2.73. The summed E-state index contributed by atoms with van der Waals surface area (Å²) in [6.07, 6.45) is 6.88. The highest BCUT2D eigenvalue weighted by Crippen LogP contribution is 2.28. The van der Waals surface area contributed by atoms with Crippen LogP contribution in [0.2, 0.25) is 0 Å². The summed E-state index contributed by atoms with van der Waals surface area (Å²) in [6.45, 7) is 3.14. The summed E-state index contributed by atoms with van der Waals surface area (Å²) in [4.78, 5) is 31.5. The zero-order valence-electron chi connectivity index (χ0n) is 13.3. The molecule has 1 heterocycles. The van der Waals surface area contributed by atoms with Crippen LogP contribution in [0.15, 0.2) is 11.8 Å². The van der Waals surface area contributed by atoms with Crippen LogP contribution >= 0.6 is 0 Å². The molecule has 0 unspecified atom stereocenters. The Balaban J connectivity index is 2.44. The van der Waals surface area contributed by atoms with E-state index in [4.69, 9.17) is 0 Å². The number of hydrogen-bond donors (Lipinski definition) is 2. The summed E-state index contributed by atoms with van der Waals surface area (Å²) in [7, 11) is 1.75. The first-order chi connectivity index (χ1) is 10.6. The van der Waals surface area contributed by atoms with Crippen molar-refractivity contribution in [3.05, 3.63) is 17.3 Å². The van der Waals surface area contributed by atoms with Crippen LogP contribution < -0.4 is 10.6 Å². The number of carbonyl (C=O) groups is 2. The van der Waals surface area contributed by atoms with Gasteiger partial charge in [0, 0.05) is 24.8 Å². The average Bonchev–Trinajstić information content (AvgIpc) is 3.00. The number of allylic oxidation sites excluding steroid dienone is 2. The fraction of sp³-hybridized carbons (Fsp3) is 0.500. The number of aromatic nitrogens is 2. The molecule has 0 saturated heterocycles. The summed E-state index contributed by atoms with van der Waals surface area (Å²) in [5.41, 5.74) is 1.46. The lowest BCUT2D eigenvalue weighted by atomic mass is 10.0. The van der Waals surface area contributed by atoms with Gasteiger partial charge in [-0.05, 0) is 32.3 Å². The second-order valence-corrected chi connectivity index (χ2v) is 5.54. The topological polar surface area (TPSA) is 84.0 Å². The van der Waals surface area contributed by atoms with Crippen molar-refractivity contribution in [2.75, 3.05) is 17.7 Å². The third kappa shape index (κ3) is 3.50. The van der Waals surface area contributed by atoms with Crippen LogP contribution in [0.25, 0.3) is 5.57 Å². The number of carbonyl (C=O) groups excluding carboxylic acids is 2. The maximum atomic E-state index is 11.6. The smallest absolute Gasteiger partial charge is 0.224 e. The molecule has 0 aliphatic heterocycles. The largest absolute Gasteiger partial charge is 0.367 e. The first-order valence-corrected chi connectivity index (χ1v) is 7.55. The molecule has 0 aromatic carbocycles. The van der Waals surface area contributed by atoms with E-state index in [1.807, 2.05) is 0 Å². The van der Waals surface area contributed by atoms with Crippen molar-refractivity contribution >= 4 is 29.4 Å². The third-order valence-corrected chi connectivity index (χ3v) is 4.01. The van der Waals surface area contributed by atoms with Crippen molar-refractivity contribution in [2.45, 2.75) is 45.6 Å². The monoisotopic (exact) mass is 302 g/mol. The molecule has 0 amide bonds. The van der Waals surface area contributed by atoms with E-state index in [1.165, 1.54) is 19.8 Å². The number of hydrogen-bond acceptors (Lipinski definition) is 6. The Hall–Kier alpha value is -2.24. The molecule has 1 aliphatic rings. The van der Waals surface area contributed by atoms with Crippen molar-refractivity contribution in [3.8, 4) is 0 Å². The Kier molecular flexibility index (Phi) is 5.25. The predicted octanol–water partition coefficient (Wildman–Crippen LogP) is 2.43. The van der Waals surface area contributed by atoms with Gasteiger partial charge in [0.2, 0.25) is 5.95 Å². The van der Waals surface area contributed by atoms with Gasteiger partial charge in [0.1, 0.15) is 5.82 Å². The normalized spacial score (nSPS) is 16.1. The molecular weight excluding hydrogens is 280 g/mol. The highest BCUT2D eigenvalue weighted by atomic mass is 16.1. The van der Waals surface area contributed by atoms with E-state index in [0.29, 0.717) is 35.2 Å². The average molecular weight is 302 g/mol. The molecule has 0 atom stereocenters. The van der Waals surface area contributed by atoms with Gasteiger partial charge >= 0.3 is 0 Å².